The summed E-state index contributed by atoms with van der Waals surface area (Å²) in [7, 11) is 0. The lowest BCUT2D eigenvalue weighted by Gasteiger charge is -2.45. The molecular weight excluding hydrogens is 732 g/mol. The van der Waals surface area contributed by atoms with Gasteiger partial charge in [0.25, 0.3) is 0 Å². The number of isocyanates is 3. The van der Waals surface area contributed by atoms with Gasteiger partial charge in [-0.2, -0.15) is 0 Å². The fraction of sp³-hybridized carbons (Fsp3) is 0.857. The molecule has 7 unspecified atom stereocenters. The molecule has 0 bridgehead atoms. The van der Waals surface area contributed by atoms with Gasteiger partial charge in [0.2, 0.25) is 18.2 Å². The van der Waals surface area contributed by atoms with Gasteiger partial charge in [-0.3, -0.25) is 0 Å². The van der Waals surface area contributed by atoms with E-state index in [4.69, 9.17) is 14.2 Å². The Morgan fingerprint density at radius 3 is 1.44 bits per heavy atom. The van der Waals surface area contributed by atoms with E-state index in [9.17, 15) is 28.8 Å². The normalized spacial score (nSPS) is 30.9. The van der Waals surface area contributed by atoms with Crippen molar-refractivity contribution in [2.24, 2.45) is 59.3 Å². The molecule has 3 aliphatic carbocycles. The Balaban J connectivity index is 1.68. The Hall–Kier alpha value is -4.05. The van der Waals surface area contributed by atoms with Crippen LogP contribution in [0.25, 0.3) is 0 Å². The number of hydrogen-bond acceptors (Lipinski definition) is 12. The first-order valence-corrected chi connectivity index (χ1v) is 20.4. The highest BCUT2D eigenvalue weighted by Gasteiger charge is 2.44. The van der Waals surface area contributed by atoms with Gasteiger partial charge in [-0.25, -0.2) is 43.7 Å². The van der Waals surface area contributed by atoms with Crippen molar-refractivity contribution in [1.29, 1.82) is 0 Å². The molecule has 0 aromatic heterocycles. The van der Waals surface area contributed by atoms with Crippen LogP contribution in [0.3, 0.4) is 0 Å². The summed E-state index contributed by atoms with van der Waals surface area (Å²) in [6.45, 7) is 20.9. The molecule has 0 saturated heterocycles. The van der Waals surface area contributed by atoms with Crippen LogP contribution in [0.1, 0.15) is 127 Å². The van der Waals surface area contributed by atoms with Crippen LogP contribution in [-0.2, 0) is 28.6 Å². The lowest BCUT2D eigenvalue weighted by Crippen LogP contribution is -2.47. The van der Waals surface area contributed by atoms with Gasteiger partial charge in [0.1, 0.15) is 19.8 Å². The van der Waals surface area contributed by atoms with Gasteiger partial charge in [-0.1, -0.05) is 69.2 Å². The number of ether oxygens (including phenoxy) is 3. The summed E-state index contributed by atoms with van der Waals surface area (Å²) >= 11 is 0. The molecule has 3 fully saturated rings. The first kappa shape index (κ1) is 47.3. The molecule has 15 nitrogen and oxygen atoms in total. The molecule has 0 aliphatic heterocycles. The van der Waals surface area contributed by atoms with Gasteiger partial charge in [0.05, 0.1) is 23.5 Å². The molecular formula is C42H68N6O9. The van der Waals surface area contributed by atoms with Crippen LogP contribution in [0.5, 0.6) is 0 Å². The zero-order valence-electron chi connectivity index (χ0n) is 36.0. The SMILES string of the molecule is CCC(COC(=O)NCC1C(C)CC(C)(C)CC1N=C=O)(COC(=O)NCC1(C)CC(N=C=O)CC(C)(C)C1)COC(=O)NCC1(C)CC(N=C=O)CC(C)(C)C1. The average molecular weight is 801 g/mol. The summed E-state index contributed by atoms with van der Waals surface area (Å²) in [5.74, 6) is 0.0945. The number of carbonyl (C=O) groups is 3. The molecule has 3 N–H and O–H groups in total. The third-order valence-electron chi connectivity index (χ3n) is 12.5. The van der Waals surface area contributed by atoms with Crippen LogP contribution in [0.2, 0.25) is 0 Å². The van der Waals surface area contributed by atoms with Crippen molar-refractivity contribution in [1.82, 2.24) is 16.0 Å². The molecule has 57 heavy (non-hydrogen) atoms. The number of nitrogens with one attached hydrogen (secondary N) is 3. The minimum atomic E-state index is -1.10. The average Bonchev–Trinajstić information content (AvgIpc) is 3.08. The van der Waals surface area contributed by atoms with Crippen molar-refractivity contribution >= 4 is 36.5 Å². The number of carbonyl (C=O) groups excluding carboxylic acids is 6. The topological polar surface area (TPSA) is 203 Å². The summed E-state index contributed by atoms with van der Waals surface area (Å²) < 4.78 is 17.2. The molecule has 0 radical (unpaired) electrons. The van der Waals surface area contributed by atoms with E-state index in [0.29, 0.717) is 25.7 Å². The summed E-state index contributed by atoms with van der Waals surface area (Å²) in [5.41, 5.74) is -1.99. The number of rotatable bonds is 16. The van der Waals surface area contributed by atoms with Gasteiger partial charge in [-0.15, -0.1) is 0 Å². The molecule has 0 aromatic carbocycles. The molecule has 3 amide bonds. The second-order valence-corrected chi connectivity index (χ2v) is 20.5. The van der Waals surface area contributed by atoms with Crippen LogP contribution in [0, 0.1) is 44.3 Å². The fourth-order valence-corrected chi connectivity index (χ4v) is 10.5. The zero-order chi connectivity index (χ0) is 42.7. The Morgan fingerprint density at radius 1 is 0.614 bits per heavy atom. The monoisotopic (exact) mass is 801 g/mol. The maximum atomic E-state index is 13.2. The number of nitrogens with zero attached hydrogens (tertiary/aromatic N) is 3. The van der Waals surface area contributed by atoms with Crippen molar-refractivity contribution in [3.05, 3.63) is 0 Å². The van der Waals surface area contributed by atoms with Crippen LogP contribution >= 0.6 is 0 Å². The van der Waals surface area contributed by atoms with Crippen molar-refractivity contribution in [3.63, 3.8) is 0 Å². The van der Waals surface area contributed by atoms with Crippen LogP contribution in [-0.4, -0.2) is 94.1 Å². The number of amides is 3. The highest BCUT2D eigenvalue weighted by Crippen LogP contribution is 2.48. The number of hydrogen-bond donors (Lipinski definition) is 3. The van der Waals surface area contributed by atoms with E-state index < -0.39 is 23.7 Å². The third kappa shape index (κ3) is 15.0. The smallest absolute Gasteiger partial charge is 0.407 e. The quantitative estimate of drug-likeness (QED) is 0.0821. The number of alkyl carbamates (subject to hydrolysis) is 3. The second kappa shape index (κ2) is 19.6. The Labute approximate surface area is 338 Å². The summed E-state index contributed by atoms with van der Waals surface area (Å²) in [6.07, 6.45) is 9.24. The minimum Gasteiger partial charge on any atom is -0.449 e. The molecule has 320 valence electrons. The standard InChI is InChI=1S/C42H68N6O9/c1-11-42(23-55-34(52)43-18-32-29(2)12-37(3,4)17-33(32)48-28-51,24-56-35(53)44-21-40(9)15-30(46-26-49)13-38(5,6)19-40)25-57-36(54)45-22-41(10)16-31(47-27-50)14-39(7,8)20-41/h29-33H,11-25H2,1-10H3,(H,43,52)(H,44,53)(H,45,54). The maximum absolute atomic E-state index is 13.2. The maximum Gasteiger partial charge on any atom is 0.407 e. The van der Waals surface area contributed by atoms with Crippen molar-refractivity contribution in [3.8, 4) is 0 Å². The highest BCUT2D eigenvalue weighted by molar-refractivity contribution is 5.68. The molecule has 15 heteroatoms. The Kier molecular flexibility index (Phi) is 16.3. The van der Waals surface area contributed by atoms with E-state index >= 15 is 0 Å². The van der Waals surface area contributed by atoms with Gasteiger partial charge in [0, 0.05) is 25.6 Å². The lowest BCUT2D eigenvalue weighted by molar-refractivity contribution is -0.0198. The van der Waals surface area contributed by atoms with Gasteiger partial charge >= 0.3 is 18.3 Å². The van der Waals surface area contributed by atoms with Gasteiger partial charge in [0.15, 0.2) is 0 Å². The van der Waals surface area contributed by atoms with E-state index in [1.54, 1.807) is 18.2 Å². The largest absolute Gasteiger partial charge is 0.449 e. The molecule has 3 saturated carbocycles. The molecule has 0 spiro atoms. The summed E-state index contributed by atoms with van der Waals surface area (Å²) in [4.78, 5) is 84.9. The number of aliphatic imine (C=N–C) groups is 3. The van der Waals surface area contributed by atoms with E-state index in [1.165, 1.54) is 0 Å². The summed E-state index contributed by atoms with van der Waals surface area (Å²) in [5, 5.41) is 8.57. The van der Waals surface area contributed by atoms with Crippen LogP contribution in [0.15, 0.2) is 15.0 Å². The van der Waals surface area contributed by atoms with Gasteiger partial charge in [-0.05, 0) is 90.8 Å². The van der Waals surface area contributed by atoms with E-state index in [1.807, 2.05) is 20.8 Å². The van der Waals surface area contributed by atoms with Crippen molar-refractivity contribution < 1.29 is 43.0 Å². The Morgan fingerprint density at radius 2 is 1.04 bits per heavy atom. The molecule has 0 heterocycles. The van der Waals surface area contributed by atoms with E-state index in [2.05, 4.69) is 79.4 Å². The third-order valence-corrected chi connectivity index (χ3v) is 12.5. The minimum absolute atomic E-state index is 0.00313. The summed E-state index contributed by atoms with van der Waals surface area (Å²) in [6, 6.07) is -0.668. The molecule has 0 aromatic rings. The van der Waals surface area contributed by atoms with Crippen molar-refractivity contribution in [2.75, 3.05) is 39.5 Å². The second-order valence-electron chi connectivity index (χ2n) is 20.5. The van der Waals surface area contributed by atoms with Gasteiger partial charge < -0.3 is 30.2 Å². The predicted molar refractivity (Wildman–Crippen MR) is 214 cm³/mol. The van der Waals surface area contributed by atoms with E-state index in [-0.39, 0.29) is 96.5 Å². The lowest BCUT2D eigenvalue weighted by atomic mass is 9.62. The highest BCUT2D eigenvalue weighted by atomic mass is 16.6. The van der Waals surface area contributed by atoms with Crippen LogP contribution < -0.4 is 16.0 Å². The zero-order valence-corrected chi connectivity index (χ0v) is 36.0. The first-order chi connectivity index (χ1) is 26.5. The first-order valence-electron chi connectivity index (χ1n) is 20.4. The molecule has 7 atom stereocenters. The van der Waals surface area contributed by atoms with Crippen molar-refractivity contribution in [2.45, 2.75) is 145 Å². The fourth-order valence-electron chi connectivity index (χ4n) is 10.5. The molecule has 3 rings (SSSR count). The van der Waals surface area contributed by atoms with Crippen LogP contribution in [0.4, 0.5) is 14.4 Å². The molecule has 3 aliphatic rings. The van der Waals surface area contributed by atoms with E-state index in [0.717, 1.165) is 32.1 Å². The predicted octanol–water partition coefficient (Wildman–Crippen LogP) is 7.18. The Bertz CT molecular complexity index is 1490.